The van der Waals surface area contributed by atoms with Crippen LogP contribution in [0.3, 0.4) is 0 Å². The smallest absolute Gasteiger partial charge is 0.205 e. The summed E-state index contributed by atoms with van der Waals surface area (Å²) in [6, 6.07) is 1.57. The van der Waals surface area contributed by atoms with E-state index in [1.165, 1.54) is 13.0 Å². The van der Waals surface area contributed by atoms with Crippen LogP contribution < -0.4 is 5.32 Å². The molecule has 1 aromatic carbocycles. The summed E-state index contributed by atoms with van der Waals surface area (Å²) < 4.78 is 32.8. The van der Waals surface area contributed by atoms with E-state index in [0.717, 1.165) is 32.5 Å². The highest BCUT2D eigenvalue weighted by atomic mass is 19.1. The summed E-state index contributed by atoms with van der Waals surface area (Å²) in [6.45, 7) is 4.64. The van der Waals surface area contributed by atoms with E-state index in [0.29, 0.717) is 17.1 Å². The molecular weight excluding hydrogens is 276 g/mol. The highest BCUT2D eigenvalue weighted by molar-refractivity contribution is 5.89. The van der Waals surface area contributed by atoms with E-state index in [9.17, 15) is 8.78 Å². The number of anilines is 1. The van der Waals surface area contributed by atoms with Gasteiger partial charge in [-0.25, -0.2) is 8.78 Å². The van der Waals surface area contributed by atoms with Crippen molar-refractivity contribution in [3.63, 3.8) is 0 Å². The van der Waals surface area contributed by atoms with Crippen molar-refractivity contribution in [3.8, 4) is 0 Å². The molecule has 3 saturated heterocycles. The lowest BCUT2D eigenvalue weighted by Gasteiger charge is -2.44. The Morgan fingerprint density at radius 2 is 2.10 bits per heavy atom. The van der Waals surface area contributed by atoms with Crippen molar-refractivity contribution in [1.29, 1.82) is 0 Å². The first kappa shape index (κ1) is 13.0. The van der Waals surface area contributed by atoms with Crippen LogP contribution in [0.1, 0.15) is 18.4 Å². The topological polar surface area (TPSA) is 41.3 Å². The number of nitrogens with one attached hydrogen (secondary N) is 1. The molecule has 4 heterocycles. The predicted molar refractivity (Wildman–Crippen MR) is 75.2 cm³/mol. The minimum absolute atomic E-state index is 0.0256. The number of aromatic nitrogens is 1. The van der Waals surface area contributed by atoms with Crippen LogP contribution in [-0.4, -0.2) is 35.7 Å². The van der Waals surface area contributed by atoms with Gasteiger partial charge in [-0.05, 0) is 44.8 Å². The van der Waals surface area contributed by atoms with Gasteiger partial charge in [-0.2, -0.15) is 0 Å². The molecule has 2 bridgehead atoms. The van der Waals surface area contributed by atoms with Crippen LogP contribution in [0, 0.1) is 24.5 Å². The molecule has 3 aliphatic rings. The Bertz CT molecular complexity index is 692. The van der Waals surface area contributed by atoms with Crippen molar-refractivity contribution in [2.45, 2.75) is 25.8 Å². The van der Waals surface area contributed by atoms with E-state index in [-0.39, 0.29) is 17.2 Å². The molecule has 2 aromatic rings. The van der Waals surface area contributed by atoms with Crippen molar-refractivity contribution in [3.05, 3.63) is 23.3 Å². The van der Waals surface area contributed by atoms with Gasteiger partial charge in [0.2, 0.25) is 5.58 Å². The summed E-state index contributed by atoms with van der Waals surface area (Å²) in [5.74, 6) is -0.192. The van der Waals surface area contributed by atoms with Crippen molar-refractivity contribution < 1.29 is 13.3 Å². The first-order valence-corrected chi connectivity index (χ1v) is 7.36. The van der Waals surface area contributed by atoms with E-state index >= 15 is 0 Å². The molecule has 4 nitrogen and oxygen atoms in total. The maximum atomic E-state index is 14.0. The molecule has 0 spiro atoms. The van der Waals surface area contributed by atoms with Crippen LogP contribution in [-0.2, 0) is 0 Å². The van der Waals surface area contributed by atoms with Crippen LogP contribution >= 0.6 is 0 Å². The Kier molecular flexibility index (Phi) is 2.89. The van der Waals surface area contributed by atoms with Gasteiger partial charge in [0, 0.05) is 18.2 Å². The second-order valence-corrected chi connectivity index (χ2v) is 6.09. The summed E-state index contributed by atoms with van der Waals surface area (Å²) >= 11 is 0. The molecular formula is C15H17F2N3O. The Balaban J connectivity index is 1.68. The fourth-order valence-electron chi connectivity index (χ4n) is 3.51. The van der Waals surface area contributed by atoms with E-state index in [2.05, 4.69) is 15.4 Å². The molecule has 6 heteroatoms. The molecule has 1 atom stereocenters. The monoisotopic (exact) mass is 293 g/mol. The van der Waals surface area contributed by atoms with Crippen molar-refractivity contribution in [1.82, 2.24) is 10.1 Å². The lowest BCUT2D eigenvalue weighted by atomic mass is 9.84. The van der Waals surface area contributed by atoms with Gasteiger partial charge in [0.1, 0.15) is 5.82 Å². The lowest BCUT2D eigenvalue weighted by Crippen LogP contribution is -2.53. The maximum absolute atomic E-state index is 14.0. The van der Waals surface area contributed by atoms with Crippen LogP contribution in [0.4, 0.5) is 14.6 Å². The molecule has 3 fully saturated rings. The molecule has 112 valence electrons. The molecule has 0 saturated carbocycles. The maximum Gasteiger partial charge on any atom is 0.205 e. The summed E-state index contributed by atoms with van der Waals surface area (Å²) in [5.41, 5.74) is -0.00860. The SMILES string of the molecule is Cc1c(F)cc2c(NC3CN4CCC3CC4)noc2c1F. The number of fused-ring (bicyclic) bond motifs is 4. The largest absolute Gasteiger partial charge is 0.362 e. The van der Waals surface area contributed by atoms with Crippen molar-refractivity contribution >= 4 is 16.8 Å². The van der Waals surface area contributed by atoms with Gasteiger partial charge in [0.25, 0.3) is 0 Å². The molecule has 0 aliphatic carbocycles. The number of halogens is 2. The minimum Gasteiger partial charge on any atom is -0.362 e. The third-order valence-corrected chi connectivity index (χ3v) is 4.86. The molecule has 1 unspecified atom stereocenters. The lowest BCUT2D eigenvalue weighted by molar-refractivity contribution is 0.0973. The van der Waals surface area contributed by atoms with Gasteiger partial charge >= 0.3 is 0 Å². The quantitative estimate of drug-likeness (QED) is 0.924. The Labute approximate surface area is 121 Å². The van der Waals surface area contributed by atoms with Gasteiger partial charge in [-0.1, -0.05) is 5.16 Å². The van der Waals surface area contributed by atoms with E-state index < -0.39 is 11.6 Å². The van der Waals surface area contributed by atoms with E-state index in [1.54, 1.807) is 0 Å². The van der Waals surface area contributed by atoms with Crippen LogP contribution in [0.5, 0.6) is 0 Å². The Hall–Kier alpha value is -1.69. The zero-order valence-electron chi connectivity index (χ0n) is 11.8. The zero-order chi connectivity index (χ0) is 14.6. The zero-order valence-corrected chi connectivity index (χ0v) is 11.8. The number of piperidine rings is 3. The minimum atomic E-state index is -0.667. The summed E-state index contributed by atoms with van der Waals surface area (Å²) in [4.78, 5) is 2.41. The molecule has 1 N–H and O–H groups in total. The third-order valence-electron chi connectivity index (χ3n) is 4.86. The van der Waals surface area contributed by atoms with Gasteiger partial charge in [-0.15, -0.1) is 0 Å². The van der Waals surface area contributed by atoms with Gasteiger partial charge in [0.15, 0.2) is 11.6 Å². The molecule has 5 rings (SSSR count). The Morgan fingerprint density at radius 1 is 1.33 bits per heavy atom. The standard InChI is InChI=1S/C15H17F2N3O/c1-8-11(16)6-10-14(13(8)17)21-19-15(10)18-12-7-20-4-2-9(12)3-5-20/h6,9,12H,2-5,7H2,1H3,(H,18,19). The Morgan fingerprint density at radius 3 is 2.76 bits per heavy atom. The first-order valence-electron chi connectivity index (χ1n) is 7.36. The van der Waals surface area contributed by atoms with Gasteiger partial charge in [0.05, 0.1) is 5.39 Å². The van der Waals surface area contributed by atoms with Gasteiger partial charge < -0.3 is 14.7 Å². The van der Waals surface area contributed by atoms with Crippen molar-refractivity contribution in [2.24, 2.45) is 5.92 Å². The second-order valence-electron chi connectivity index (χ2n) is 6.09. The molecule has 21 heavy (non-hydrogen) atoms. The number of nitrogens with zero attached hydrogens (tertiary/aromatic N) is 2. The average Bonchev–Trinajstić information content (AvgIpc) is 2.89. The van der Waals surface area contributed by atoms with E-state index in [1.807, 2.05) is 0 Å². The predicted octanol–water partition coefficient (Wildman–Crippen LogP) is 2.92. The third kappa shape index (κ3) is 2.00. The summed E-state index contributed by atoms with van der Waals surface area (Å²) in [5, 5.41) is 7.62. The summed E-state index contributed by atoms with van der Waals surface area (Å²) in [6.07, 6.45) is 2.32. The molecule has 1 aromatic heterocycles. The fraction of sp³-hybridized carbons (Fsp3) is 0.533. The molecule has 0 amide bonds. The molecule has 3 aliphatic heterocycles. The number of rotatable bonds is 2. The average molecular weight is 293 g/mol. The van der Waals surface area contributed by atoms with Gasteiger partial charge in [-0.3, -0.25) is 0 Å². The van der Waals surface area contributed by atoms with Crippen LogP contribution in [0.25, 0.3) is 11.0 Å². The second kappa shape index (κ2) is 4.66. The van der Waals surface area contributed by atoms with E-state index in [4.69, 9.17) is 4.52 Å². The number of hydrogen-bond acceptors (Lipinski definition) is 4. The summed E-state index contributed by atoms with van der Waals surface area (Å²) in [7, 11) is 0. The normalized spacial score (nSPS) is 28.2. The fourth-order valence-corrected chi connectivity index (χ4v) is 3.51. The molecule has 0 radical (unpaired) electrons. The highest BCUT2D eigenvalue weighted by Gasteiger charge is 2.34. The van der Waals surface area contributed by atoms with Crippen LogP contribution in [0.15, 0.2) is 10.6 Å². The number of benzene rings is 1. The first-order chi connectivity index (χ1) is 10.1. The number of hydrogen-bond donors (Lipinski definition) is 1. The van der Waals surface area contributed by atoms with Crippen LogP contribution in [0.2, 0.25) is 0 Å². The highest BCUT2D eigenvalue weighted by Crippen LogP contribution is 2.33. The van der Waals surface area contributed by atoms with Crippen molar-refractivity contribution in [2.75, 3.05) is 25.0 Å².